The van der Waals surface area contributed by atoms with Crippen LogP contribution in [0.25, 0.3) is 0 Å². The third kappa shape index (κ3) is 2.65. The maximum Gasteiger partial charge on any atom is 0.357 e. The molecule has 2 heterocycles. The molecular weight excluding hydrogens is 232 g/mol. The first-order chi connectivity index (χ1) is 8.61. The number of carbonyl (C=O) groups excluding carboxylic acids is 1. The minimum atomic E-state index is -0.379. The topological polar surface area (TPSA) is 67.3 Å². The Kier molecular flexibility index (Phi) is 3.88. The van der Waals surface area contributed by atoms with Gasteiger partial charge in [-0.1, -0.05) is 0 Å². The van der Waals surface area contributed by atoms with E-state index in [0.717, 1.165) is 24.2 Å². The van der Waals surface area contributed by atoms with E-state index in [-0.39, 0.29) is 5.97 Å². The van der Waals surface area contributed by atoms with Crippen LogP contribution in [-0.4, -0.2) is 48.6 Å². The molecule has 0 aliphatic carbocycles. The number of hydrogen-bond donors (Lipinski definition) is 1. The average Bonchev–Trinajstić information content (AvgIpc) is 2.36. The van der Waals surface area contributed by atoms with Crippen molar-refractivity contribution >= 4 is 5.97 Å². The van der Waals surface area contributed by atoms with Gasteiger partial charge in [-0.25, -0.2) is 14.8 Å². The third-order valence-corrected chi connectivity index (χ3v) is 2.82. The lowest BCUT2D eigenvalue weighted by Gasteiger charge is -2.19. The molecule has 0 unspecified atom stereocenters. The summed E-state index contributed by atoms with van der Waals surface area (Å²) < 4.78 is 4.80. The lowest BCUT2D eigenvalue weighted by atomic mass is 10.0. The second-order valence-corrected chi connectivity index (χ2v) is 4.57. The zero-order valence-electron chi connectivity index (χ0n) is 11.0. The van der Waals surface area contributed by atoms with Crippen LogP contribution in [0.15, 0.2) is 0 Å². The Bertz CT molecular complexity index is 460. The molecule has 0 atom stereocenters. The lowest BCUT2D eigenvalue weighted by Crippen LogP contribution is -2.29. The van der Waals surface area contributed by atoms with Gasteiger partial charge in [0.1, 0.15) is 5.82 Å². The van der Waals surface area contributed by atoms with Crippen molar-refractivity contribution in [2.45, 2.75) is 19.5 Å². The number of ether oxygens (including phenoxy) is 1. The number of hydrogen-bond acceptors (Lipinski definition) is 6. The highest BCUT2D eigenvalue weighted by Gasteiger charge is 2.22. The van der Waals surface area contributed by atoms with Crippen molar-refractivity contribution in [1.82, 2.24) is 20.2 Å². The SMILES string of the molecule is COC(=O)c1nc(CN(C)C)nc2c1CCNC2. The Balaban J connectivity index is 2.44. The molecule has 0 fully saturated rings. The molecule has 6 nitrogen and oxygen atoms in total. The number of fused-ring (bicyclic) bond motifs is 1. The second kappa shape index (κ2) is 5.41. The van der Waals surface area contributed by atoms with Crippen LogP contribution in [0.1, 0.15) is 27.6 Å². The summed E-state index contributed by atoms with van der Waals surface area (Å²) in [5, 5.41) is 3.25. The molecule has 0 saturated heterocycles. The van der Waals surface area contributed by atoms with E-state index < -0.39 is 0 Å². The molecule has 98 valence electrons. The highest BCUT2D eigenvalue weighted by Crippen LogP contribution is 2.17. The quantitative estimate of drug-likeness (QED) is 0.760. The van der Waals surface area contributed by atoms with Gasteiger partial charge in [0.15, 0.2) is 5.69 Å². The molecule has 1 N–H and O–H groups in total. The minimum Gasteiger partial charge on any atom is -0.464 e. The van der Waals surface area contributed by atoms with Gasteiger partial charge in [-0.3, -0.25) is 0 Å². The monoisotopic (exact) mass is 250 g/mol. The summed E-state index contributed by atoms with van der Waals surface area (Å²) >= 11 is 0. The number of nitrogens with one attached hydrogen (secondary N) is 1. The summed E-state index contributed by atoms with van der Waals surface area (Å²) in [4.78, 5) is 22.6. The van der Waals surface area contributed by atoms with Gasteiger partial charge in [0, 0.05) is 12.1 Å². The van der Waals surface area contributed by atoms with Gasteiger partial charge in [-0.2, -0.15) is 0 Å². The number of rotatable bonds is 3. The first-order valence-corrected chi connectivity index (χ1v) is 5.94. The highest BCUT2D eigenvalue weighted by atomic mass is 16.5. The molecular formula is C12H18N4O2. The van der Waals surface area contributed by atoms with Crippen molar-refractivity contribution in [3.63, 3.8) is 0 Å². The predicted molar refractivity (Wildman–Crippen MR) is 66.2 cm³/mol. The Morgan fingerprint density at radius 1 is 1.44 bits per heavy atom. The summed E-state index contributed by atoms with van der Waals surface area (Å²) in [6.45, 7) is 2.13. The van der Waals surface area contributed by atoms with Gasteiger partial charge in [0.25, 0.3) is 0 Å². The molecule has 0 bridgehead atoms. The molecule has 1 aliphatic heterocycles. The summed E-state index contributed by atoms with van der Waals surface area (Å²) in [5.74, 6) is 0.276. The maximum absolute atomic E-state index is 11.8. The van der Waals surface area contributed by atoms with E-state index in [1.54, 1.807) is 0 Å². The molecule has 1 aromatic rings. The molecule has 0 spiro atoms. The second-order valence-electron chi connectivity index (χ2n) is 4.57. The first kappa shape index (κ1) is 12.9. The van der Waals surface area contributed by atoms with E-state index in [0.29, 0.717) is 24.6 Å². The summed E-state index contributed by atoms with van der Waals surface area (Å²) in [5.41, 5.74) is 2.25. The molecule has 0 aromatic carbocycles. The summed E-state index contributed by atoms with van der Waals surface area (Å²) in [6, 6.07) is 0. The molecule has 6 heteroatoms. The Hall–Kier alpha value is -1.53. The molecule has 18 heavy (non-hydrogen) atoms. The Morgan fingerprint density at radius 2 is 2.22 bits per heavy atom. The van der Waals surface area contributed by atoms with Crippen molar-refractivity contribution in [2.75, 3.05) is 27.7 Å². The Morgan fingerprint density at radius 3 is 2.89 bits per heavy atom. The lowest BCUT2D eigenvalue weighted by molar-refractivity contribution is 0.0591. The van der Waals surface area contributed by atoms with E-state index in [1.807, 2.05) is 19.0 Å². The smallest absolute Gasteiger partial charge is 0.357 e. The predicted octanol–water partition coefficient (Wildman–Crippen LogP) is -0.0295. The number of nitrogens with zero attached hydrogens (tertiary/aromatic N) is 3. The normalized spacial score (nSPS) is 14.4. The number of methoxy groups -OCH3 is 1. The van der Waals surface area contributed by atoms with E-state index >= 15 is 0 Å². The molecule has 1 aromatic heterocycles. The van der Waals surface area contributed by atoms with Crippen LogP contribution < -0.4 is 5.32 Å². The van der Waals surface area contributed by atoms with E-state index in [1.165, 1.54) is 7.11 Å². The molecule has 0 amide bonds. The van der Waals surface area contributed by atoms with Gasteiger partial charge in [0.05, 0.1) is 19.3 Å². The van der Waals surface area contributed by atoms with Crippen LogP contribution in [0.5, 0.6) is 0 Å². The van der Waals surface area contributed by atoms with Crippen molar-refractivity contribution in [1.29, 1.82) is 0 Å². The summed E-state index contributed by atoms with van der Waals surface area (Å²) in [6.07, 6.45) is 0.766. The minimum absolute atomic E-state index is 0.379. The molecule has 1 aliphatic rings. The third-order valence-electron chi connectivity index (χ3n) is 2.82. The van der Waals surface area contributed by atoms with Gasteiger partial charge in [-0.15, -0.1) is 0 Å². The zero-order valence-corrected chi connectivity index (χ0v) is 11.0. The van der Waals surface area contributed by atoms with E-state index in [2.05, 4.69) is 15.3 Å². The standard InChI is InChI=1S/C12H18N4O2/c1-16(2)7-10-14-9-6-13-5-4-8(9)11(15-10)12(17)18-3/h13H,4-7H2,1-3H3. The van der Waals surface area contributed by atoms with Crippen LogP contribution in [0.4, 0.5) is 0 Å². The van der Waals surface area contributed by atoms with Gasteiger partial charge < -0.3 is 15.0 Å². The largest absolute Gasteiger partial charge is 0.464 e. The van der Waals surface area contributed by atoms with Crippen molar-refractivity contribution in [3.05, 3.63) is 22.8 Å². The fourth-order valence-corrected chi connectivity index (χ4v) is 2.03. The number of carbonyl (C=O) groups is 1. The maximum atomic E-state index is 11.8. The van der Waals surface area contributed by atoms with Crippen molar-refractivity contribution in [3.8, 4) is 0 Å². The summed E-state index contributed by atoms with van der Waals surface area (Å²) in [7, 11) is 5.27. The van der Waals surface area contributed by atoms with E-state index in [4.69, 9.17) is 4.74 Å². The molecule has 0 radical (unpaired) electrons. The van der Waals surface area contributed by atoms with Crippen LogP contribution >= 0.6 is 0 Å². The van der Waals surface area contributed by atoms with Crippen LogP contribution in [0, 0.1) is 0 Å². The van der Waals surface area contributed by atoms with Crippen molar-refractivity contribution < 1.29 is 9.53 Å². The number of aromatic nitrogens is 2. The number of esters is 1. The highest BCUT2D eigenvalue weighted by molar-refractivity contribution is 5.89. The molecule has 2 rings (SSSR count). The fourth-order valence-electron chi connectivity index (χ4n) is 2.03. The van der Waals surface area contributed by atoms with Gasteiger partial charge in [-0.05, 0) is 27.1 Å². The first-order valence-electron chi connectivity index (χ1n) is 5.94. The fraction of sp³-hybridized carbons (Fsp3) is 0.583. The van der Waals surface area contributed by atoms with Gasteiger partial charge >= 0.3 is 5.97 Å². The van der Waals surface area contributed by atoms with Crippen LogP contribution in [0.2, 0.25) is 0 Å². The Labute approximate surface area is 106 Å². The van der Waals surface area contributed by atoms with Crippen LogP contribution in [-0.2, 0) is 24.2 Å². The van der Waals surface area contributed by atoms with Crippen LogP contribution in [0.3, 0.4) is 0 Å². The average molecular weight is 250 g/mol. The zero-order chi connectivity index (χ0) is 13.1. The van der Waals surface area contributed by atoms with Crippen molar-refractivity contribution in [2.24, 2.45) is 0 Å². The van der Waals surface area contributed by atoms with Gasteiger partial charge in [0.2, 0.25) is 0 Å². The molecule has 0 saturated carbocycles. The van der Waals surface area contributed by atoms with E-state index in [9.17, 15) is 4.79 Å².